The van der Waals surface area contributed by atoms with Gasteiger partial charge in [-0.2, -0.15) is 0 Å². The summed E-state index contributed by atoms with van der Waals surface area (Å²) in [6, 6.07) is 5.30. The van der Waals surface area contributed by atoms with Crippen LogP contribution in [0, 0.1) is 5.92 Å². The second kappa shape index (κ2) is 10.0. The maximum atomic E-state index is 13.4. The number of hydrogen-bond donors (Lipinski definition) is 3. The SMILES string of the molecule is COC(=O)[C@H](C[C@@H]1CCNC1=O)NC(=O)C1CN(C)CCN1C(=O)c1cc2cccc(Cl)c2[nH]1. The molecule has 3 N–H and O–H groups in total. The molecular weight excluding hydrogens is 462 g/mol. The Kier molecular flexibility index (Phi) is 7.08. The quantitative estimate of drug-likeness (QED) is 0.515. The fraction of sp³-hybridized carbons (Fsp3) is 0.478. The molecule has 3 heterocycles. The average Bonchev–Trinajstić information content (AvgIpc) is 3.44. The highest BCUT2D eigenvalue weighted by atomic mass is 35.5. The number of hydrogen-bond acceptors (Lipinski definition) is 6. The molecule has 0 spiro atoms. The summed E-state index contributed by atoms with van der Waals surface area (Å²) >= 11 is 6.24. The Hall–Kier alpha value is -3.11. The zero-order valence-corrected chi connectivity index (χ0v) is 19.9. The number of nitrogens with zero attached hydrogens (tertiary/aromatic N) is 2. The number of fused-ring (bicyclic) bond motifs is 1. The summed E-state index contributed by atoms with van der Waals surface area (Å²) in [6.07, 6.45) is 0.725. The van der Waals surface area contributed by atoms with Crippen LogP contribution in [0.5, 0.6) is 0 Å². The van der Waals surface area contributed by atoms with E-state index in [0.717, 1.165) is 5.39 Å². The second-order valence-corrected chi connectivity index (χ2v) is 9.17. The molecule has 2 fully saturated rings. The summed E-state index contributed by atoms with van der Waals surface area (Å²) in [4.78, 5) is 57.6. The van der Waals surface area contributed by atoms with Crippen molar-refractivity contribution in [1.29, 1.82) is 0 Å². The predicted octanol–water partition coefficient (Wildman–Crippen LogP) is 0.762. The summed E-state index contributed by atoms with van der Waals surface area (Å²) in [7, 11) is 3.10. The van der Waals surface area contributed by atoms with E-state index in [1.165, 1.54) is 12.0 Å². The number of carbonyl (C=O) groups excluding carboxylic acids is 4. The minimum Gasteiger partial charge on any atom is -0.467 e. The molecule has 0 aliphatic carbocycles. The molecule has 34 heavy (non-hydrogen) atoms. The maximum absolute atomic E-state index is 13.4. The summed E-state index contributed by atoms with van der Waals surface area (Å²) in [5, 5.41) is 6.76. The van der Waals surface area contributed by atoms with Crippen LogP contribution in [0.25, 0.3) is 10.9 Å². The number of ether oxygens (including phenoxy) is 1. The van der Waals surface area contributed by atoms with Crippen molar-refractivity contribution < 1.29 is 23.9 Å². The Morgan fingerprint density at radius 3 is 2.76 bits per heavy atom. The van der Waals surface area contributed by atoms with Crippen molar-refractivity contribution in [2.45, 2.75) is 24.9 Å². The first kappa shape index (κ1) is 24.0. The lowest BCUT2D eigenvalue weighted by Crippen LogP contribution is -2.61. The number of aromatic nitrogens is 1. The van der Waals surface area contributed by atoms with Gasteiger partial charge in [-0.3, -0.25) is 14.4 Å². The lowest BCUT2D eigenvalue weighted by Gasteiger charge is -2.39. The molecule has 1 aromatic carbocycles. The van der Waals surface area contributed by atoms with Gasteiger partial charge < -0.3 is 30.2 Å². The number of esters is 1. The molecular formula is C23H28ClN5O5. The molecule has 1 unspecified atom stereocenters. The Balaban J connectivity index is 1.54. The third-order valence-corrected chi connectivity index (χ3v) is 6.78. The van der Waals surface area contributed by atoms with Crippen LogP contribution in [0.1, 0.15) is 23.3 Å². The van der Waals surface area contributed by atoms with E-state index in [0.29, 0.717) is 48.8 Å². The van der Waals surface area contributed by atoms with Gasteiger partial charge in [-0.15, -0.1) is 0 Å². The molecule has 2 aliphatic rings. The van der Waals surface area contributed by atoms with Crippen molar-refractivity contribution in [3.63, 3.8) is 0 Å². The largest absolute Gasteiger partial charge is 0.467 e. The van der Waals surface area contributed by atoms with E-state index < -0.39 is 24.0 Å². The summed E-state index contributed by atoms with van der Waals surface area (Å²) in [6.45, 7) is 1.77. The number of halogens is 1. The highest BCUT2D eigenvalue weighted by Gasteiger charge is 2.38. The van der Waals surface area contributed by atoms with E-state index in [4.69, 9.17) is 16.3 Å². The fourth-order valence-corrected chi connectivity index (χ4v) is 4.78. The molecule has 182 valence electrons. The van der Waals surface area contributed by atoms with Crippen LogP contribution in [-0.4, -0.2) is 90.9 Å². The molecule has 0 radical (unpaired) electrons. The third kappa shape index (κ3) is 4.88. The van der Waals surface area contributed by atoms with Crippen molar-refractivity contribution >= 4 is 46.2 Å². The van der Waals surface area contributed by atoms with Gasteiger partial charge in [0.25, 0.3) is 5.91 Å². The lowest BCUT2D eigenvalue weighted by molar-refractivity contribution is -0.146. The normalized spacial score (nSPS) is 21.9. The standard InChI is InChI=1S/C23H28ClN5O5/c1-28-8-9-29(22(32)16-10-13-4-3-5-15(24)19(13)26-16)18(12-28)21(31)27-17(23(33)34-2)11-14-6-7-25-20(14)30/h3-5,10,14,17-18,26H,6-9,11-12H2,1-2H3,(H,25,30)(H,27,31)/t14-,17-,18?/m0/s1. The molecule has 0 saturated carbocycles. The number of nitrogens with one attached hydrogen (secondary N) is 3. The minimum absolute atomic E-state index is 0.140. The minimum atomic E-state index is -0.984. The highest BCUT2D eigenvalue weighted by Crippen LogP contribution is 2.25. The van der Waals surface area contributed by atoms with Gasteiger partial charge in [-0.1, -0.05) is 23.7 Å². The van der Waals surface area contributed by atoms with Gasteiger partial charge in [0.15, 0.2) is 0 Å². The molecule has 10 nitrogen and oxygen atoms in total. The number of aromatic amines is 1. The van der Waals surface area contributed by atoms with Crippen molar-refractivity contribution in [1.82, 2.24) is 25.4 Å². The number of piperazine rings is 1. The topological polar surface area (TPSA) is 124 Å². The monoisotopic (exact) mass is 489 g/mol. The first-order valence-electron chi connectivity index (χ1n) is 11.2. The number of methoxy groups -OCH3 is 1. The van der Waals surface area contributed by atoms with Crippen LogP contribution >= 0.6 is 11.6 Å². The van der Waals surface area contributed by atoms with Crippen LogP contribution in [0.3, 0.4) is 0 Å². The number of para-hydroxylation sites is 1. The molecule has 1 aromatic heterocycles. The van der Waals surface area contributed by atoms with Gasteiger partial charge in [0.1, 0.15) is 17.8 Å². The van der Waals surface area contributed by atoms with Crippen LogP contribution in [0.4, 0.5) is 0 Å². The molecule has 0 bridgehead atoms. The third-order valence-electron chi connectivity index (χ3n) is 6.47. The summed E-state index contributed by atoms with van der Waals surface area (Å²) < 4.78 is 4.86. The first-order chi connectivity index (χ1) is 16.3. The molecule has 2 saturated heterocycles. The summed E-state index contributed by atoms with van der Waals surface area (Å²) in [5.74, 6) is -1.95. The van der Waals surface area contributed by atoms with Gasteiger partial charge in [0, 0.05) is 37.5 Å². The second-order valence-electron chi connectivity index (χ2n) is 8.76. The van der Waals surface area contributed by atoms with Gasteiger partial charge >= 0.3 is 5.97 Å². The number of likely N-dealkylation sites (N-methyl/N-ethyl adjacent to an activating group) is 1. The number of carbonyl (C=O) groups is 4. The van der Waals surface area contributed by atoms with E-state index >= 15 is 0 Å². The lowest BCUT2D eigenvalue weighted by atomic mass is 9.98. The maximum Gasteiger partial charge on any atom is 0.328 e. The molecule has 3 amide bonds. The Labute approximate surface area is 201 Å². The van der Waals surface area contributed by atoms with E-state index in [1.807, 2.05) is 18.0 Å². The van der Waals surface area contributed by atoms with Crippen LogP contribution in [0.15, 0.2) is 24.3 Å². The van der Waals surface area contributed by atoms with E-state index in [-0.39, 0.29) is 24.2 Å². The summed E-state index contributed by atoms with van der Waals surface area (Å²) in [5.41, 5.74) is 0.987. The Morgan fingerprint density at radius 1 is 1.29 bits per heavy atom. The molecule has 3 atom stereocenters. The number of rotatable bonds is 6. The van der Waals surface area contributed by atoms with E-state index in [1.54, 1.807) is 18.2 Å². The first-order valence-corrected chi connectivity index (χ1v) is 11.6. The van der Waals surface area contributed by atoms with Crippen LogP contribution < -0.4 is 10.6 Å². The van der Waals surface area contributed by atoms with Gasteiger partial charge in [0.2, 0.25) is 11.8 Å². The van der Waals surface area contributed by atoms with E-state index in [2.05, 4.69) is 15.6 Å². The smallest absolute Gasteiger partial charge is 0.328 e. The Morgan fingerprint density at radius 2 is 2.09 bits per heavy atom. The number of amides is 3. The van der Waals surface area contributed by atoms with Crippen molar-refractivity contribution in [2.75, 3.05) is 40.3 Å². The van der Waals surface area contributed by atoms with Gasteiger partial charge in [-0.05, 0) is 32.0 Å². The Bertz CT molecular complexity index is 1120. The van der Waals surface area contributed by atoms with Crippen molar-refractivity contribution in [3.8, 4) is 0 Å². The van der Waals surface area contributed by atoms with E-state index in [9.17, 15) is 19.2 Å². The zero-order chi connectivity index (χ0) is 24.4. The number of H-pyrrole nitrogens is 1. The van der Waals surface area contributed by atoms with Gasteiger partial charge in [-0.25, -0.2) is 4.79 Å². The van der Waals surface area contributed by atoms with Gasteiger partial charge in [0.05, 0.1) is 17.6 Å². The predicted molar refractivity (Wildman–Crippen MR) is 125 cm³/mol. The molecule has 2 aliphatic heterocycles. The molecule has 2 aromatic rings. The highest BCUT2D eigenvalue weighted by molar-refractivity contribution is 6.35. The molecule has 4 rings (SSSR count). The molecule has 11 heteroatoms. The number of benzene rings is 1. The fourth-order valence-electron chi connectivity index (χ4n) is 4.55. The zero-order valence-electron chi connectivity index (χ0n) is 19.1. The van der Waals surface area contributed by atoms with Crippen LogP contribution in [0.2, 0.25) is 5.02 Å². The average molecular weight is 490 g/mol. The van der Waals surface area contributed by atoms with Crippen molar-refractivity contribution in [2.24, 2.45) is 5.92 Å². The van der Waals surface area contributed by atoms with Crippen LogP contribution in [-0.2, 0) is 19.1 Å². The van der Waals surface area contributed by atoms with Crippen molar-refractivity contribution in [3.05, 3.63) is 35.0 Å².